The Morgan fingerprint density at radius 2 is 1.64 bits per heavy atom. The molecule has 2 fully saturated rings. The first-order chi connectivity index (χ1) is 13.2. The number of halogens is 2. The van der Waals surface area contributed by atoms with E-state index in [0.717, 1.165) is 36.3 Å². The summed E-state index contributed by atoms with van der Waals surface area (Å²) in [4.78, 5) is 2.69. The number of hydrogen-bond acceptors (Lipinski definition) is 3. The van der Waals surface area contributed by atoms with E-state index in [1.54, 1.807) is 7.11 Å². The molecule has 3 rings (SSSR count). The highest BCUT2D eigenvalue weighted by Crippen LogP contribution is 2.33. The van der Waals surface area contributed by atoms with E-state index in [1.165, 1.54) is 74.6 Å². The molecule has 0 aromatic heterocycles. The van der Waals surface area contributed by atoms with Gasteiger partial charge in [-0.1, -0.05) is 41.6 Å². The lowest BCUT2D eigenvalue weighted by Gasteiger charge is -2.34. The lowest BCUT2D eigenvalue weighted by molar-refractivity contribution is 0.155. The molecule has 28 heavy (non-hydrogen) atoms. The Kier molecular flexibility index (Phi) is 10.6. The molecule has 0 spiro atoms. The fourth-order valence-corrected chi connectivity index (χ4v) is 5.32. The molecule has 3 nitrogen and oxygen atoms in total. The molecular weight excluding hydrogens is 438 g/mol. The first-order valence-electron chi connectivity index (χ1n) is 10.8. The number of ether oxygens (including phenoxy) is 1. The maximum absolute atomic E-state index is 9.10. The number of methoxy groups -OCH3 is 1. The molecule has 1 aliphatic heterocycles. The molecule has 1 aromatic carbocycles. The lowest BCUT2D eigenvalue weighted by Crippen LogP contribution is -2.36. The van der Waals surface area contributed by atoms with Crippen LogP contribution in [-0.2, 0) is 6.42 Å². The average Bonchev–Trinajstić information content (AvgIpc) is 2.70. The summed E-state index contributed by atoms with van der Waals surface area (Å²) in [5, 5.41) is 9.10. The molecule has 0 radical (unpaired) electrons. The van der Waals surface area contributed by atoms with E-state index in [2.05, 4.69) is 33.0 Å². The third-order valence-corrected chi connectivity index (χ3v) is 7.60. The SMILES string of the molecule is COc1ccc(Br)c(CC2CCN(CCC3CCC(CCO)CC3)CC2)c1.Cl. The van der Waals surface area contributed by atoms with Gasteiger partial charge in [0.25, 0.3) is 0 Å². The standard InChI is InChI=1S/C23H36BrNO2.ClH/c1-27-22-6-7-23(24)21(17-22)16-20-9-13-25(14-10-20)12-8-18-2-4-19(5-3-18)11-15-26;/h6-7,17-20,26H,2-5,8-16H2,1H3;1H. The highest BCUT2D eigenvalue weighted by molar-refractivity contribution is 9.10. The van der Waals surface area contributed by atoms with Crippen LogP contribution in [0.25, 0.3) is 0 Å². The number of likely N-dealkylation sites (tertiary alicyclic amines) is 1. The number of hydrogen-bond donors (Lipinski definition) is 1. The monoisotopic (exact) mass is 473 g/mol. The summed E-state index contributed by atoms with van der Waals surface area (Å²) < 4.78 is 6.59. The Bertz CT molecular complexity index is 570. The minimum Gasteiger partial charge on any atom is -0.497 e. The van der Waals surface area contributed by atoms with Crippen LogP contribution in [0, 0.1) is 17.8 Å². The molecule has 0 amide bonds. The predicted octanol–water partition coefficient (Wildman–Crippen LogP) is 5.71. The van der Waals surface area contributed by atoms with Crippen LogP contribution in [0.4, 0.5) is 0 Å². The number of nitrogens with zero attached hydrogens (tertiary/aromatic N) is 1. The van der Waals surface area contributed by atoms with Gasteiger partial charge in [0, 0.05) is 11.1 Å². The number of aliphatic hydroxyl groups excluding tert-OH is 1. The molecule has 5 heteroatoms. The van der Waals surface area contributed by atoms with Crippen LogP contribution in [0.1, 0.15) is 56.9 Å². The van der Waals surface area contributed by atoms with Crippen molar-refractivity contribution in [3.05, 3.63) is 28.2 Å². The second-order valence-corrected chi connectivity index (χ2v) is 9.49. The van der Waals surface area contributed by atoms with Gasteiger partial charge in [-0.15, -0.1) is 12.4 Å². The Hall–Kier alpha value is -0.290. The largest absolute Gasteiger partial charge is 0.497 e. The zero-order valence-corrected chi connectivity index (χ0v) is 19.6. The van der Waals surface area contributed by atoms with Gasteiger partial charge in [-0.25, -0.2) is 0 Å². The van der Waals surface area contributed by atoms with Crippen molar-refractivity contribution in [2.24, 2.45) is 17.8 Å². The molecule has 1 saturated carbocycles. The van der Waals surface area contributed by atoms with Gasteiger partial charge in [0.1, 0.15) is 5.75 Å². The van der Waals surface area contributed by atoms with Gasteiger partial charge in [0.05, 0.1) is 7.11 Å². The van der Waals surface area contributed by atoms with Crippen LogP contribution in [-0.4, -0.2) is 43.4 Å². The second kappa shape index (κ2) is 12.4. The molecule has 0 atom stereocenters. The highest BCUT2D eigenvalue weighted by Gasteiger charge is 2.24. The number of aliphatic hydroxyl groups is 1. The van der Waals surface area contributed by atoms with Crippen LogP contribution < -0.4 is 4.74 Å². The van der Waals surface area contributed by atoms with Crippen molar-refractivity contribution in [3.8, 4) is 5.75 Å². The summed E-state index contributed by atoms with van der Waals surface area (Å²) in [7, 11) is 1.74. The summed E-state index contributed by atoms with van der Waals surface area (Å²) in [5.41, 5.74) is 1.38. The molecule has 1 heterocycles. The first kappa shape index (κ1) is 24.0. The molecule has 2 aliphatic rings. The maximum Gasteiger partial charge on any atom is 0.119 e. The van der Waals surface area contributed by atoms with E-state index in [4.69, 9.17) is 9.84 Å². The van der Waals surface area contributed by atoms with Crippen LogP contribution in [0.3, 0.4) is 0 Å². The third kappa shape index (κ3) is 7.19. The van der Waals surface area contributed by atoms with Crippen molar-refractivity contribution < 1.29 is 9.84 Å². The molecular formula is C23H37BrClNO2. The quantitative estimate of drug-likeness (QED) is 0.523. The van der Waals surface area contributed by atoms with E-state index in [0.29, 0.717) is 6.61 Å². The third-order valence-electron chi connectivity index (χ3n) is 6.83. The Morgan fingerprint density at radius 1 is 1.00 bits per heavy atom. The Morgan fingerprint density at radius 3 is 2.25 bits per heavy atom. The summed E-state index contributed by atoms with van der Waals surface area (Å²) in [6.45, 7) is 4.17. The zero-order valence-electron chi connectivity index (χ0n) is 17.2. The number of piperidine rings is 1. The smallest absolute Gasteiger partial charge is 0.119 e. The van der Waals surface area contributed by atoms with Gasteiger partial charge in [0.2, 0.25) is 0 Å². The van der Waals surface area contributed by atoms with Crippen molar-refractivity contribution in [2.45, 2.75) is 57.8 Å². The van der Waals surface area contributed by atoms with Crippen molar-refractivity contribution in [1.29, 1.82) is 0 Å². The summed E-state index contributed by atoms with van der Waals surface area (Å²) in [6, 6.07) is 6.32. The van der Waals surface area contributed by atoms with Crippen LogP contribution in [0.15, 0.2) is 22.7 Å². The van der Waals surface area contributed by atoms with Gasteiger partial charge < -0.3 is 14.7 Å². The molecule has 1 N–H and O–H groups in total. The van der Waals surface area contributed by atoms with E-state index in [9.17, 15) is 0 Å². The van der Waals surface area contributed by atoms with Crippen molar-refractivity contribution >= 4 is 28.3 Å². The van der Waals surface area contributed by atoms with E-state index in [1.807, 2.05) is 6.07 Å². The minimum atomic E-state index is 0. The number of benzene rings is 1. The van der Waals surface area contributed by atoms with Crippen molar-refractivity contribution in [2.75, 3.05) is 33.4 Å². The van der Waals surface area contributed by atoms with E-state index < -0.39 is 0 Å². The van der Waals surface area contributed by atoms with Gasteiger partial charge in [-0.3, -0.25) is 0 Å². The zero-order chi connectivity index (χ0) is 19.1. The molecule has 1 aromatic rings. The van der Waals surface area contributed by atoms with Crippen LogP contribution in [0.2, 0.25) is 0 Å². The summed E-state index contributed by atoms with van der Waals surface area (Å²) in [6.07, 6.45) is 11.6. The lowest BCUT2D eigenvalue weighted by atomic mass is 9.79. The second-order valence-electron chi connectivity index (χ2n) is 8.63. The van der Waals surface area contributed by atoms with Crippen LogP contribution >= 0.6 is 28.3 Å². The average molecular weight is 475 g/mol. The van der Waals surface area contributed by atoms with Gasteiger partial charge >= 0.3 is 0 Å². The Balaban J connectivity index is 0.00000280. The van der Waals surface area contributed by atoms with E-state index >= 15 is 0 Å². The van der Waals surface area contributed by atoms with Gasteiger partial charge in [-0.2, -0.15) is 0 Å². The summed E-state index contributed by atoms with van der Waals surface area (Å²) >= 11 is 3.70. The Labute approximate surface area is 185 Å². The molecule has 160 valence electrons. The summed E-state index contributed by atoms with van der Waals surface area (Å²) in [5.74, 6) is 3.46. The molecule has 1 saturated heterocycles. The van der Waals surface area contributed by atoms with Gasteiger partial charge in [0.15, 0.2) is 0 Å². The minimum absolute atomic E-state index is 0. The molecule has 0 bridgehead atoms. The molecule has 0 unspecified atom stereocenters. The van der Waals surface area contributed by atoms with Crippen molar-refractivity contribution in [1.82, 2.24) is 4.90 Å². The normalized spacial score (nSPS) is 24.0. The topological polar surface area (TPSA) is 32.7 Å². The highest BCUT2D eigenvalue weighted by atomic mass is 79.9. The maximum atomic E-state index is 9.10. The predicted molar refractivity (Wildman–Crippen MR) is 123 cm³/mol. The molecule has 1 aliphatic carbocycles. The van der Waals surface area contributed by atoms with Crippen molar-refractivity contribution in [3.63, 3.8) is 0 Å². The van der Waals surface area contributed by atoms with E-state index in [-0.39, 0.29) is 12.4 Å². The first-order valence-corrected chi connectivity index (χ1v) is 11.6. The fourth-order valence-electron chi connectivity index (χ4n) is 4.92. The fraction of sp³-hybridized carbons (Fsp3) is 0.739. The van der Waals surface area contributed by atoms with Crippen LogP contribution in [0.5, 0.6) is 5.75 Å². The number of rotatable bonds is 8. The van der Waals surface area contributed by atoms with Gasteiger partial charge in [-0.05, 0) is 93.3 Å².